The third-order valence-electron chi connectivity index (χ3n) is 1.36. The van der Waals surface area contributed by atoms with Gasteiger partial charge in [0.25, 0.3) is 0 Å². The average Bonchev–Trinajstić information content (AvgIpc) is 1.87. The summed E-state index contributed by atoms with van der Waals surface area (Å²) in [6, 6.07) is 0. The second kappa shape index (κ2) is 4.70. The molecule has 0 aromatic rings. The number of alkyl halides is 1. The maximum absolute atomic E-state index is 11.4. The maximum Gasteiger partial charge on any atom is 0.191 e. The van der Waals surface area contributed by atoms with Crippen LogP contribution in [0.3, 0.4) is 0 Å². The Hall–Kier alpha value is -0.150. The van der Waals surface area contributed by atoms with Crippen LogP contribution >= 0.6 is 0 Å². The molecule has 0 saturated carbocycles. The predicted octanol–water partition coefficient (Wildman–Crippen LogP) is 1.29. The number of rotatable bonds is 4. The van der Waals surface area contributed by atoms with E-state index in [9.17, 15) is 4.39 Å². The van der Waals surface area contributed by atoms with E-state index in [4.69, 9.17) is 5.11 Å². The summed E-state index contributed by atoms with van der Waals surface area (Å²) in [5.74, 6) is 0.0146. The van der Waals surface area contributed by atoms with Gasteiger partial charge in [-0.1, -0.05) is 13.8 Å². The molecular weight excluding hydrogens is 123 g/mol. The standard InChI is InChI=1S/C6H13FO2/c1-3-5(2)6(8)9-4-7/h5-6,8H,3-4H2,1-2H3. The van der Waals surface area contributed by atoms with Crippen molar-refractivity contribution in [3.63, 3.8) is 0 Å². The molecule has 0 aromatic heterocycles. The Morgan fingerprint density at radius 3 is 2.56 bits per heavy atom. The molecule has 0 saturated heterocycles. The van der Waals surface area contributed by atoms with Gasteiger partial charge in [0.1, 0.15) is 0 Å². The van der Waals surface area contributed by atoms with Crippen molar-refractivity contribution in [3.05, 3.63) is 0 Å². The minimum Gasteiger partial charge on any atom is -0.368 e. The third-order valence-corrected chi connectivity index (χ3v) is 1.36. The van der Waals surface area contributed by atoms with E-state index >= 15 is 0 Å². The SMILES string of the molecule is CCC(C)C(O)OCF. The summed E-state index contributed by atoms with van der Waals surface area (Å²) < 4.78 is 15.6. The van der Waals surface area contributed by atoms with E-state index in [-0.39, 0.29) is 5.92 Å². The highest BCUT2D eigenvalue weighted by Gasteiger charge is 2.10. The molecule has 0 fully saturated rings. The van der Waals surface area contributed by atoms with Crippen molar-refractivity contribution >= 4 is 0 Å². The van der Waals surface area contributed by atoms with Crippen molar-refractivity contribution in [3.8, 4) is 0 Å². The number of aliphatic hydroxyl groups is 1. The molecule has 0 radical (unpaired) electrons. The van der Waals surface area contributed by atoms with Gasteiger partial charge in [-0.25, -0.2) is 4.39 Å². The van der Waals surface area contributed by atoms with Gasteiger partial charge in [0, 0.05) is 5.92 Å². The fraction of sp³-hybridized carbons (Fsp3) is 1.00. The summed E-state index contributed by atoms with van der Waals surface area (Å²) in [7, 11) is 0. The van der Waals surface area contributed by atoms with Gasteiger partial charge in [-0.2, -0.15) is 0 Å². The molecular formula is C6H13FO2. The van der Waals surface area contributed by atoms with Crippen LogP contribution < -0.4 is 0 Å². The summed E-state index contributed by atoms with van der Waals surface area (Å²) in [6.45, 7) is 2.81. The van der Waals surface area contributed by atoms with Crippen LogP contribution in [0.25, 0.3) is 0 Å². The van der Waals surface area contributed by atoms with Crippen molar-refractivity contribution in [1.82, 2.24) is 0 Å². The van der Waals surface area contributed by atoms with E-state index in [1.165, 1.54) is 0 Å². The van der Waals surface area contributed by atoms with E-state index in [1.54, 1.807) is 6.92 Å². The molecule has 0 aliphatic carbocycles. The van der Waals surface area contributed by atoms with Crippen LogP contribution in [-0.4, -0.2) is 18.3 Å². The van der Waals surface area contributed by atoms with E-state index in [2.05, 4.69) is 4.74 Å². The second-order valence-electron chi connectivity index (χ2n) is 2.05. The minimum atomic E-state index is -0.944. The lowest BCUT2D eigenvalue weighted by Gasteiger charge is -2.14. The number of aliphatic hydroxyl groups excluding tert-OH is 1. The Balaban J connectivity index is 3.32. The highest BCUT2D eigenvalue weighted by atomic mass is 19.1. The lowest BCUT2D eigenvalue weighted by molar-refractivity contribution is -0.154. The van der Waals surface area contributed by atoms with Crippen LogP contribution in [0.1, 0.15) is 20.3 Å². The lowest BCUT2D eigenvalue weighted by atomic mass is 10.1. The Morgan fingerprint density at radius 1 is 1.67 bits per heavy atom. The highest BCUT2D eigenvalue weighted by Crippen LogP contribution is 2.07. The number of hydrogen-bond donors (Lipinski definition) is 1. The summed E-state index contributed by atoms with van der Waals surface area (Å²) in [6.07, 6.45) is -0.152. The number of hydrogen-bond acceptors (Lipinski definition) is 2. The van der Waals surface area contributed by atoms with Gasteiger partial charge in [0.05, 0.1) is 0 Å². The largest absolute Gasteiger partial charge is 0.368 e. The monoisotopic (exact) mass is 136 g/mol. The fourth-order valence-corrected chi connectivity index (χ4v) is 0.430. The van der Waals surface area contributed by atoms with Gasteiger partial charge in [-0.05, 0) is 6.42 Å². The molecule has 0 amide bonds. The number of ether oxygens (including phenoxy) is 1. The Bertz CT molecular complexity index is 68.1. The average molecular weight is 136 g/mol. The van der Waals surface area contributed by atoms with Gasteiger partial charge in [-0.3, -0.25) is 0 Å². The predicted molar refractivity (Wildman–Crippen MR) is 32.5 cm³/mol. The zero-order valence-electron chi connectivity index (χ0n) is 5.80. The topological polar surface area (TPSA) is 29.5 Å². The van der Waals surface area contributed by atoms with Crippen molar-refractivity contribution in [2.75, 3.05) is 6.86 Å². The second-order valence-corrected chi connectivity index (χ2v) is 2.05. The van der Waals surface area contributed by atoms with E-state index in [0.717, 1.165) is 6.42 Å². The van der Waals surface area contributed by atoms with Gasteiger partial charge in [0.2, 0.25) is 0 Å². The summed E-state index contributed by atoms with van der Waals surface area (Å²) in [4.78, 5) is 0. The first-order chi connectivity index (χ1) is 4.22. The summed E-state index contributed by atoms with van der Waals surface area (Å²) in [5, 5.41) is 8.86. The molecule has 0 aromatic carbocycles. The first-order valence-corrected chi connectivity index (χ1v) is 3.08. The van der Waals surface area contributed by atoms with Crippen molar-refractivity contribution < 1.29 is 14.2 Å². The van der Waals surface area contributed by atoms with Crippen molar-refractivity contribution in [2.45, 2.75) is 26.6 Å². The fourth-order valence-electron chi connectivity index (χ4n) is 0.430. The van der Waals surface area contributed by atoms with Crippen LogP contribution in [0, 0.1) is 5.92 Å². The summed E-state index contributed by atoms with van der Waals surface area (Å²) in [5.41, 5.74) is 0. The van der Waals surface area contributed by atoms with E-state index in [1.807, 2.05) is 6.92 Å². The van der Waals surface area contributed by atoms with Gasteiger partial charge >= 0.3 is 0 Å². The molecule has 0 rings (SSSR count). The first kappa shape index (κ1) is 8.85. The molecule has 2 nitrogen and oxygen atoms in total. The van der Waals surface area contributed by atoms with Crippen LogP contribution in [0.4, 0.5) is 4.39 Å². The molecule has 0 spiro atoms. The Labute approximate surface area is 54.6 Å². The molecule has 1 N–H and O–H groups in total. The molecule has 9 heavy (non-hydrogen) atoms. The van der Waals surface area contributed by atoms with Gasteiger partial charge < -0.3 is 9.84 Å². The minimum absolute atomic E-state index is 0.0146. The summed E-state index contributed by atoms with van der Waals surface area (Å²) >= 11 is 0. The molecule has 2 unspecified atom stereocenters. The van der Waals surface area contributed by atoms with Crippen LogP contribution in [0.5, 0.6) is 0 Å². The molecule has 0 aliphatic heterocycles. The Kier molecular flexibility index (Phi) is 4.62. The van der Waals surface area contributed by atoms with Crippen LogP contribution in [0.2, 0.25) is 0 Å². The van der Waals surface area contributed by atoms with E-state index in [0.29, 0.717) is 0 Å². The normalized spacial score (nSPS) is 17.3. The molecule has 3 heteroatoms. The van der Waals surface area contributed by atoms with Gasteiger partial charge in [-0.15, -0.1) is 0 Å². The third kappa shape index (κ3) is 3.43. The molecule has 56 valence electrons. The zero-order chi connectivity index (χ0) is 7.28. The van der Waals surface area contributed by atoms with E-state index < -0.39 is 13.2 Å². The first-order valence-electron chi connectivity index (χ1n) is 3.08. The smallest absolute Gasteiger partial charge is 0.191 e. The zero-order valence-corrected chi connectivity index (χ0v) is 5.80. The molecule has 0 bridgehead atoms. The Morgan fingerprint density at radius 2 is 2.22 bits per heavy atom. The maximum atomic E-state index is 11.4. The quantitative estimate of drug-likeness (QED) is 0.590. The highest BCUT2D eigenvalue weighted by molar-refractivity contribution is 4.50. The molecule has 2 atom stereocenters. The molecule has 0 aliphatic rings. The number of halogens is 1. The molecule has 0 heterocycles. The van der Waals surface area contributed by atoms with Crippen LogP contribution in [0.15, 0.2) is 0 Å². The van der Waals surface area contributed by atoms with Crippen molar-refractivity contribution in [1.29, 1.82) is 0 Å². The van der Waals surface area contributed by atoms with Gasteiger partial charge in [0.15, 0.2) is 13.2 Å². The van der Waals surface area contributed by atoms with Crippen LogP contribution in [-0.2, 0) is 4.74 Å². The van der Waals surface area contributed by atoms with Crippen molar-refractivity contribution in [2.24, 2.45) is 5.92 Å². The lowest BCUT2D eigenvalue weighted by Crippen LogP contribution is -2.19.